The molecule has 0 bridgehead atoms. The van der Waals surface area contributed by atoms with Gasteiger partial charge < -0.3 is 15.1 Å². The molecule has 1 aromatic heterocycles. The summed E-state index contributed by atoms with van der Waals surface area (Å²) in [7, 11) is 0. The van der Waals surface area contributed by atoms with E-state index in [1.807, 2.05) is 4.90 Å². The maximum absolute atomic E-state index is 12.7. The molecule has 2 aromatic rings. The van der Waals surface area contributed by atoms with Gasteiger partial charge in [-0.1, -0.05) is 6.07 Å². The van der Waals surface area contributed by atoms with Crippen molar-refractivity contribution in [1.29, 1.82) is 0 Å². The van der Waals surface area contributed by atoms with Crippen LogP contribution in [0.4, 0.5) is 24.8 Å². The number of carbonyl (C=O) groups is 1. The predicted molar refractivity (Wildman–Crippen MR) is 95.4 cm³/mol. The molecule has 2 heterocycles. The van der Waals surface area contributed by atoms with E-state index in [1.165, 1.54) is 6.07 Å². The van der Waals surface area contributed by atoms with E-state index in [0.29, 0.717) is 37.8 Å². The van der Waals surface area contributed by atoms with Crippen LogP contribution in [0.15, 0.2) is 42.7 Å². The Hall–Kier alpha value is -2.84. The van der Waals surface area contributed by atoms with Crippen molar-refractivity contribution in [3.8, 4) is 0 Å². The van der Waals surface area contributed by atoms with E-state index in [9.17, 15) is 18.0 Å². The van der Waals surface area contributed by atoms with Gasteiger partial charge in [-0.15, -0.1) is 0 Å². The molecule has 1 aliphatic rings. The number of nitrogens with one attached hydrogen (secondary N) is 1. The van der Waals surface area contributed by atoms with Gasteiger partial charge in [-0.05, 0) is 24.3 Å². The Labute approximate surface area is 155 Å². The van der Waals surface area contributed by atoms with Gasteiger partial charge in [0, 0.05) is 57.2 Å². The fraction of sp³-hybridized carbons (Fsp3) is 0.389. The van der Waals surface area contributed by atoms with E-state index in [4.69, 9.17) is 0 Å². The number of alkyl halides is 3. The van der Waals surface area contributed by atoms with Crippen LogP contribution in [0.1, 0.15) is 12.0 Å². The second kappa shape index (κ2) is 8.24. The van der Waals surface area contributed by atoms with Crippen molar-refractivity contribution in [2.75, 3.05) is 42.9 Å². The summed E-state index contributed by atoms with van der Waals surface area (Å²) in [5.41, 5.74) is -0.359. The summed E-state index contributed by atoms with van der Waals surface area (Å²) < 4.78 is 38.1. The third kappa shape index (κ3) is 5.08. The van der Waals surface area contributed by atoms with Crippen molar-refractivity contribution >= 4 is 17.5 Å². The Bertz CT molecular complexity index is 761. The number of halogens is 3. The summed E-state index contributed by atoms with van der Waals surface area (Å²) >= 11 is 0. The topological polar surface area (TPSA) is 61.4 Å². The summed E-state index contributed by atoms with van der Waals surface area (Å²) in [5.74, 6) is 0.624. The predicted octanol–water partition coefficient (Wildman–Crippen LogP) is 2.65. The van der Waals surface area contributed by atoms with Crippen molar-refractivity contribution in [2.24, 2.45) is 0 Å². The Morgan fingerprint density at radius 1 is 1.07 bits per heavy atom. The molecule has 1 fully saturated rings. The zero-order valence-corrected chi connectivity index (χ0v) is 14.6. The number of rotatable bonds is 5. The summed E-state index contributed by atoms with van der Waals surface area (Å²) in [6.45, 7) is 2.72. The van der Waals surface area contributed by atoms with Gasteiger partial charge in [0.15, 0.2) is 0 Å². The molecule has 0 aliphatic carbocycles. The third-order valence-corrected chi connectivity index (χ3v) is 4.33. The Kier molecular flexibility index (Phi) is 5.78. The number of hydrogen-bond donors (Lipinski definition) is 1. The molecule has 9 heteroatoms. The first-order chi connectivity index (χ1) is 12.9. The molecule has 0 spiro atoms. The highest BCUT2D eigenvalue weighted by atomic mass is 19.4. The van der Waals surface area contributed by atoms with Gasteiger partial charge in [0.1, 0.15) is 0 Å². The number of amides is 1. The summed E-state index contributed by atoms with van der Waals surface area (Å²) in [6.07, 6.45) is -0.799. The smallest absolute Gasteiger partial charge is 0.385 e. The lowest BCUT2D eigenvalue weighted by molar-refractivity contribution is -0.137. The molecule has 0 atom stereocenters. The number of hydrogen-bond acceptors (Lipinski definition) is 5. The average molecular weight is 379 g/mol. The number of anilines is 2. The van der Waals surface area contributed by atoms with E-state index in [0.717, 1.165) is 12.1 Å². The number of piperazine rings is 1. The second-order valence-electron chi connectivity index (χ2n) is 6.17. The monoisotopic (exact) mass is 379 g/mol. The first kappa shape index (κ1) is 18.9. The zero-order chi connectivity index (χ0) is 19.3. The fourth-order valence-electron chi connectivity index (χ4n) is 2.89. The maximum Gasteiger partial charge on any atom is 0.416 e. The van der Waals surface area contributed by atoms with Crippen LogP contribution in [0.5, 0.6) is 0 Å². The van der Waals surface area contributed by atoms with Crippen LogP contribution in [0, 0.1) is 0 Å². The number of carbonyl (C=O) groups excluding carboxylic acids is 1. The highest BCUT2D eigenvalue weighted by molar-refractivity contribution is 5.77. The van der Waals surface area contributed by atoms with Gasteiger partial charge in [0.05, 0.1) is 5.56 Å². The molecule has 0 saturated carbocycles. The van der Waals surface area contributed by atoms with Crippen LogP contribution >= 0.6 is 0 Å². The van der Waals surface area contributed by atoms with Gasteiger partial charge in [0.25, 0.3) is 0 Å². The van der Waals surface area contributed by atoms with Gasteiger partial charge in [-0.3, -0.25) is 4.79 Å². The number of benzene rings is 1. The number of nitrogens with zero attached hydrogens (tertiary/aromatic N) is 4. The largest absolute Gasteiger partial charge is 0.416 e. The quantitative estimate of drug-likeness (QED) is 0.866. The fourth-order valence-corrected chi connectivity index (χ4v) is 2.89. The minimum atomic E-state index is -4.38. The maximum atomic E-state index is 12.7. The number of aromatic nitrogens is 2. The minimum Gasteiger partial charge on any atom is -0.385 e. The van der Waals surface area contributed by atoms with Crippen molar-refractivity contribution in [1.82, 2.24) is 14.9 Å². The molecule has 3 rings (SSSR count). The molecule has 1 amide bonds. The van der Waals surface area contributed by atoms with Crippen molar-refractivity contribution in [3.63, 3.8) is 0 Å². The SMILES string of the molecule is O=C(CCNc1cccc(C(F)(F)F)c1)N1CCN(c2ncccn2)CC1. The van der Waals surface area contributed by atoms with E-state index in [-0.39, 0.29) is 18.9 Å². The first-order valence-electron chi connectivity index (χ1n) is 8.64. The molecule has 0 radical (unpaired) electrons. The summed E-state index contributed by atoms with van der Waals surface area (Å²) in [6, 6.07) is 6.71. The molecule has 0 unspecified atom stereocenters. The average Bonchev–Trinajstić information content (AvgIpc) is 2.68. The Balaban J connectivity index is 1.44. The van der Waals surface area contributed by atoms with Gasteiger partial charge >= 0.3 is 6.18 Å². The summed E-state index contributed by atoms with van der Waals surface area (Å²) in [4.78, 5) is 24.5. The van der Waals surface area contributed by atoms with Crippen LogP contribution in [0.3, 0.4) is 0 Å². The van der Waals surface area contributed by atoms with Crippen molar-refractivity contribution in [3.05, 3.63) is 48.3 Å². The van der Waals surface area contributed by atoms with E-state index >= 15 is 0 Å². The lowest BCUT2D eigenvalue weighted by Gasteiger charge is -2.34. The van der Waals surface area contributed by atoms with Crippen LogP contribution in [-0.4, -0.2) is 53.5 Å². The molecule has 1 N–H and O–H groups in total. The standard InChI is InChI=1S/C18H20F3N5O/c19-18(20,21)14-3-1-4-15(13-14)22-8-5-16(27)25-9-11-26(12-10-25)17-23-6-2-7-24-17/h1-4,6-7,13,22H,5,8-12H2. The van der Waals surface area contributed by atoms with E-state index in [1.54, 1.807) is 29.4 Å². The third-order valence-electron chi connectivity index (χ3n) is 4.33. The Morgan fingerprint density at radius 3 is 2.44 bits per heavy atom. The molecule has 1 saturated heterocycles. The van der Waals surface area contributed by atoms with Gasteiger partial charge in [-0.2, -0.15) is 13.2 Å². The second-order valence-corrected chi connectivity index (χ2v) is 6.17. The van der Waals surface area contributed by atoms with Crippen LogP contribution in [0.25, 0.3) is 0 Å². The molecular formula is C18H20F3N5O. The molecule has 1 aliphatic heterocycles. The van der Waals surface area contributed by atoms with Gasteiger partial charge in [0.2, 0.25) is 11.9 Å². The lowest BCUT2D eigenvalue weighted by Crippen LogP contribution is -2.49. The van der Waals surface area contributed by atoms with Crippen LogP contribution < -0.4 is 10.2 Å². The summed E-state index contributed by atoms with van der Waals surface area (Å²) in [5, 5.41) is 2.88. The van der Waals surface area contributed by atoms with E-state index < -0.39 is 11.7 Å². The molecular weight excluding hydrogens is 359 g/mol. The highest BCUT2D eigenvalue weighted by Gasteiger charge is 2.30. The van der Waals surface area contributed by atoms with Crippen molar-refractivity contribution in [2.45, 2.75) is 12.6 Å². The molecule has 6 nitrogen and oxygen atoms in total. The Morgan fingerprint density at radius 2 is 1.78 bits per heavy atom. The first-order valence-corrected chi connectivity index (χ1v) is 8.64. The molecule has 144 valence electrons. The minimum absolute atomic E-state index is 0.0249. The van der Waals surface area contributed by atoms with E-state index in [2.05, 4.69) is 15.3 Å². The van der Waals surface area contributed by atoms with Crippen molar-refractivity contribution < 1.29 is 18.0 Å². The molecule has 1 aromatic carbocycles. The normalized spacial score (nSPS) is 14.9. The van der Waals surface area contributed by atoms with Gasteiger partial charge in [-0.25, -0.2) is 9.97 Å². The molecule has 27 heavy (non-hydrogen) atoms. The van der Waals surface area contributed by atoms with Crippen LogP contribution in [-0.2, 0) is 11.0 Å². The highest BCUT2D eigenvalue weighted by Crippen LogP contribution is 2.30. The zero-order valence-electron chi connectivity index (χ0n) is 14.6. The van der Waals surface area contributed by atoms with Crippen LogP contribution in [0.2, 0.25) is 0 Å². The lowest BCUT2D eigenvalue weighted by atomic mass is 10.2.